The number of hydrogen-bond acceptors (Lipinski definition) is 4. The van der Waals surface area contributed by atoms with Gasteiger partial charge in [-0.2, -0.15) is 0 Å². The first-order valence-electron chi connectivity index (χ1n) is 10.2. The van der Waals surface area contributed by atoms with Gasteiger partial charge in [0, 0.05) is 13.1 Å². The molecule has 2 atom stereocenters. The van der Waals surface area contributed by atoms with Crippen LogP contribution < -0.4 is 5.32 Å². The van der Waals surface area contributed by atoms with E-state index >= 15 is 0 Å². The van der Waals surface area contributed by atoms with Crippen molar-refractivity contribution in [2.75, 3.05) is 24.6 Å². The number of sulfone groups is 1. The van der Waals surface area contributed by atoms with Crippen molar-refractivity contribution >= 4 is 26.5 Å². The van der Waals surface area contributed by atoms with E-state index in [1.165, 1.54) is 0 Å². The number of rotatable bonds is 5. The lowest BCUT2D eigenvalue weighted by Crippen LogP contribution is -2.48. The molecule has 3 aromatic rings. The van der Waals surface area contributed by atoms with Gasteiger partial charge in [0.15, 0.2) is 9.84 Å². The van der Waals surface area contributed by atoms with Gasteiger partial charge in [-0.3, -0.25) is 9.69 Å². The molecule has 1 aliphatic rings. The zero-order chi connectivity index (χ0) is 21.1. The average Bonchev–Trinajstić information content (AvgIpc) is 2.75. The zero-order valence-electron chi connectivity index (χ0n) is 17.0. The molecule has 0 aromatic heterocycles. The quantitative estimate of drug-likeness (QED) is 0.684. The van der Waals surface area contributed by atoms with Crippen LogP contribution in [0.2, 0.25) is 0 Å². The molecule has 2 unspecified atom stereocenters. The molecule has 1 amide bonds. The van der Waals surface area contributed by atoms with Crippen LogP contribution in [0.1, 0.15) is 30.1 Å². The maximum absolute atomic E-state index is 13.4. The molecule has 1 fully saturated rings. The Labute approximate surface area is 177 Å². The maximum Gasteiger partial charge on any atom is 0.242 e. The third kappa shape index (κ3) is 4.40. The van der Waals surface area contributed by atoms with E-state index in [1.807, 2.05) is 66.4 Å². The normalized spacial score (nSPS) is 18.6. The van der Waals surface area contributed by atoms with Crippen molar-refractivity contribution in [1.82, 2.24) is 10.2 Å². The number of hydrogen-bond donors (Lipinski definition) is 1. The highest BCUT2D eigenvalue weighted by molar-refractivity contribution is 7.91. The zero-order valence-corrected chi connectivity index (χ0v) is 17.8. The SMILES string of the molecule is CC(NC(=O)C(c1ccccc1)N1CCS(=O)(=O)CC1)c1cccc2ccccc12. The molecular formula is C24H26N2O3S. The minimum absolute atomic E-state index is 0.0858. The topological polar surface area (TPSA) is 66.5 Å². The van der Waals surface area contributed by atoms with Crippen molar-refractivity contribution in [3.8, 4) is 0 Å². The van der Waals surface area contributed by atoms with Gasteiger partial charge in [0.05, 0.1) is 17.5 Å². The Kier molecular flexibility index (Phi) is 5.88. The molecule has 0 aliphatic carbocycles. The smallest absolute Gasteiger partial charge is 0.242 e. The summed E-state index contributed by atoms with van der Waals surface area (Å²) >= 11 is 0. The molecule has 0 bridgehead atoms. The van der Waals surface area contributed by atoms with Crippen molar-refractivity contribution in [3.63, 3.8) is 0 Å². The molecule has 0 saturated carbocycles. The Morgan fingerprint density at radius 3 is 2.27 bits per heavy atom. The molecule has 5 nitrogen and oxygen atoms in total. The Morgan fingerprint density at radius 1 is 0.900 bits per heavy atom. The molecule has 156 valence electrons. The van der Waals surface area contributed by atoms with E-state index in [4.69, 9.17) is 0 Å². The molecule has 0 radical (unpaired) electrons. The summed E-state index contributed by atoms with van der Waals surface area (Å²) in [5, 5.41) is 5.43. The summed E-state index contributed by atoms with van der Waals surface area (Å²) in [5.74, 6) is 0.0614. The lowest BCUT2D eigenvalue weighted by molar-refractivity contribution is -0.127. The fourth-order valence-electron chi connectivity index (χ4n) is 4.15. The van der Waals surface area contributed by atoms with E-state index in [0.29, 0.717) is 13.1 Å². The summed E-state index contributed by atoms with van der Waals surface area (Å²) in [7, 11) is -3.02. The Morgan fingerprint density at radius 2 is 1.53 bits per heavy atom. The van der Waals surface area contributed by atoms with E-state index in [2.05, 4.69) is 23.5 Å². The summed E-state index contributed by atoms with van der Waals surface area (Å²) in [6.45, 7) is 2.71. The number of fused-ring (bicyclic) bond motifs is 1. The average molecular weight is 423 g/mol. The molecule has 6 heteroatoms. The highest BCUT2D eigenvalue weighted by atomic mass is 32.2. The van der Waals surface area contributed by atoms with Crippen LogP contribution in [-0.4, -0.2) is 43.8 Å². The molecule has 30 heavy (non-hydrogen) atoms. The summed E-state index contributed by atoms with van der Waals surface area (Å²) in [6, 6.07) is 23.1. The minimum atomic E-state index is -3.02. The van der Waals surface area contributed by atoms with Gasteiger partial charge in [0.1, 0.15) is 6.04 Å². The van der Waals surface area contributed by atoms with E-state index in [9.17, 15) is 13.2 Å². The highest BCUT2D eigenvalue weighted by Crippen LogP contribution is 2.27. The first kappa shape index (κ1) is 20.6. The van der Waals surface area contributed by atoms with Gasteiger partial charge in [0.25, 0.3) is 0 Å². The van der Waals surface area contributed by atoms with Crippen LogP contribution in [0.3, 0.4) is 0 Å². The van der Waals surface area contributed by atoms with Gasteiger partial charge in [0.2, 0.25) is 5.91 Å². The predicted molar refractivity (Wildman–Crippen MR) is 120 cm³/mol. The van der Waals surface area contributed by atoms with Crippen molar-refractivity contribution < 1.29 is 13.2 Å². The molecular weight excluding hydrogens is 396 g/mol. The fraction of sp³-hybridized carbons (Fsp3) is 0.292. The van der Waals surface area contributed by atoms with E-state index < -0.39 is 15.9 Å². The minimum Gasteiger partial charge on any atom is -0.348 e. The van der Waals surface area contributed by atoms with E-state index in [0.717, 1.165) is 21.9 Å². The van der Waals surface area contributed by atoms with E-state index in [-0.39, 0.29) is 23.5 Å². The molecule has 1 N–H and O–H groups in total. The Bertz CT molecular complexity index is 1130. The van der Waals surface area contributed by atoms with Crippen molar-refractivity contribution in [3.05, 3.63) is 83.9 Å². The van der Waals surface area contributed by atoms with Crippen LogP contribution in [0, 0.1) is 0 Å². The van der Waals surface area contributed by atoms with Crippen LogP contribution in [0.4, 0.5) is 0 Å². The summed E-state index contributed by atoms with van der Waals surface area (Å²) in [4.78, 5) is 15.4. The van der Waals surface area contributed by atoms with Gasteiger partial charge in [-0.1, -0.05) is 72.8 Å². The van der Waals surface area contributed by atoms with Crippen LogP contribution in [0.25, 0.3) is 10.8 Å². The second-order valence-corrected chi connectivity index (χ2v) is 10.1. The highest BCUT2D eigenvalue weighted by Gasteiger charge is 2.33. The van der Waals surface area contributed by atoms with Gasteiger partial charge < -0.3 is 5.32 Å². The molecule has 1 aliphatic heterocycles. The Balaban J connectivity index is 1.60. The summed E-state index contributed by atoms with van der Waals surface area (Å²) in [5.41, 5.74) is 1.94. The maximum atomic E-state index is 13.4. The second kappa shape index (κ2) is 8.58. The summed E-state index contributed by atoms with van der Waals surface area (Å²) < 4.78 is 23.8. The third-order valence-corrected chi connectivity index (χ3v) is 7.37. The fourth-order valence-corrected chi connectivity index (χ4v) is 5.38. The van der Waals surface area contributed by atoms with E-state index in [1.54, 1.807) is 0 Å². The molecule has 4 rings (SSSR count). The lowest BCUT2D eigenvalue weighted by atomic mass is 9.98. The van der Waals surface area contributed by atoms with Crippen LogP contribution in [-0.2, 0) is 14.6 Å². The first-order chi connectivity index (χ1) is 14.4. The molecule has 1 heterocycles. The molecule has 1 saturated heterocycles. The number of benzene rings is 3. The monoisotopic (exact) mass is 422 g/mol. The number of carbonyl (C=O) groups excluding carboxylic acids is 1. The van der Waals surface area contributed by atoms with Gasteiger partial charge in [-0.05, 0) is 28.8 Å². The molecule has 3 aromatic carbocycles. The lowest BCUT2D eigenvalue weighted by Gasteiger charge is -2.34. The first-order valence-corrected chi connectivity index (χ1v) is 12.0. The van der Waals surface area contributed by atoms with Crippen LogP contribution in [0.5, 0.6) is 0 Å². The van der Waals surface area contributed by atoms with Crippen molar-refractivity contribution in [2.24, 2.45) is 0 Å². The number of nitrogens with one attached hydrogen (secondary N) is 1. The number of nitrogens with zero attached hydrogens (tertiary/aromatic N) is 1. The summed E-state index contributed by atoms with van der Waals surface area (Å²) in [6.07, 6.45) is 0. The number of amides is 1. The van der Waals surface area contributed by atoms with Gasteiger partial charge in [-0.25, -0.2) is 8.42 Å². The number of carbonyl (C=O) groups is 1. The molecule has 0 spiro atoms. The van der Waals surface area contributed by atoms with Gasteiger partial charge in [-0.15, -0.1) is 0 Å². The van der Waals surface area contributed by atoms with Crippen molar-refractivity contribution in [2.45, 2.75) is 19.0 Å². The standard InChI is InChI=1S/C24H26N2O3S/c1-18(21-13-7-11-19-8-5-6-12-22(19)21)25-24(27)23(20-9-3-2-4-10-20)26-14-16-30(28,29)17-15-26/h2-13,18,23H,14-17H2,1H3,(H,25,27). The second-order valence-electron chi connectivity index (χ2n) is 7.80. The van der Waals surface area contributed by atoms with Gasteiger partial charge >= 0.3 is 0 Å². The van der Waals surface area contributed by atoms with Crippen molar-refractivity contribution in [1.29, 1.82) is 0 Å². The van der Waals surface area contributed by atoms with Crippen LogP contribution in [0.15, 0.2) is 72.8 Å². The third-order valence-electron chi connectivity index (χ3n) is 5.76. The largest absolute Gasteiger partial charge is 0.348 e. The Hall–Kier alpha value is -2.70. The van der Waals surface area contributed by atoms with Crippen LogP contribution >= 0.6 is 0 Å². The predicted octanol–water partition coefficient (Wildman–Crippen LogP) is 3.49.